The molecular weight excluding hydrogens is 300 g/mol. The van der Waals surface area contributed by atoms with E-state index >= 15 is 0 Å². The van der Waals surface area contributed by atoms with Crippen LogP contribution in [0.3, 0.4) is 0 Å². The van der Waals surface area contributed by atoms with E-state index in [1.807, 2.05) is 7.05 Å². The number of nitrogens with zero attached hydrogens (tertiary/aromatic N) is 4. The zero-order valence-electron chi connectivity index (χ0n) is 14.2. The van der Waals surface area contributed by atoms with Crippen molar-refractivity contribution in [1.29, 1.82) is 0 Å². The topological polar surface area (TPSA) is 41.4 Å². The quantitative estimate of drug-likeness (QED) is 0.848. The molecule has 0 spiro atoms. The number of hydrogen-bond acceptors (Lipinski definition) is 4. The SMILES string of the molecule is Cn1c(C2CC2)nc2ccc(N3CCN4CCC3CC4)cc2c1=O. The molecule has 126 valence electrons. The van der Waals surface area contributed by atoms with Crippen molar-refractivity contribution in [2.45, 2.75) is 37.6 Å². The Morgan fingerprint density at radius 1 is 1.04 bits per heavy atom. The molecule has 4 heterocycles. The molecule has 5 nitrogen and oxygen atoms in total. The highest BCUT2D eigenvalue weighted by atomic mass is 16.1. The van der Waals surface area contributed by atoms with E-state index in [4.69, 9.17) is 4.98 Å². The Labute approximate surface area is 141 Å². The Morgan fingerprint density at radius 2 is 1.83 bits per heavy atom. The van der Waals surface area contributed by atoms with Crippen LogP contribution in [0.2, 0.25) is 0 Å². The summed E-state index contributed by atoms with van der Waals surface area (Å²) in [5.74, 6) is 1.45. The van der Waals surface area contributed by atoms with Crippen molar-refractivity contribution in [2.24, 2.45) is 7.05 Å². The van der Waals surface area contributed by atoms with Crippen molar-refractivity contribution in [3.05, 3.63) is 34.4 Å². The first-order valence-corrected chi connectivity index (χ1v) is 9.20. The summed E-state index contributed by atoms with van der Waals surface area (Å²) < 4.78 is 1.77. The Bertz CT molecular complexity index is 846. The minimum atomic E-state index is 0.103. The lowest BCUT2D eigenvalue weighted by Gasteiger charge is -2.33. The second kappa shape index (κ2) is 5.31. The molecule has 5 heteroatoms. The summed E-state index contributed by atoms with van der Waals surface area (Å²) in [6, 6.07) is 6.91. The molecule has 3 saturated heterocycles. The minimum Gasteiger partial charge on any atom is -0.367 e. The van der Waals surface area contributed by atoms with Gasteiger partial charge in [-0.2, -0.15) is 0 Å². The molecule has 0 N–H and O–H groups in total. The molecule has 4 fully saturated rings. The van der Waals surface area contributed by atoms with Gasteiger partial charge in [0.15, 0.2) is 0 Å². The standard InChI is InChI=1S/C19H24N4O/c1-21-18(13-2-3-13)20-17-5-4-15(12-16(17)19(21)24)23-11-10-22-8-6-14(23)7-9-22/h4-5,12-14H,2-3,6-11H2,1H3. The van der Waals surface area contributed by atoms with Crippen LogP contribution in [0, 0.1) is 0 Å². The first kappa shape index (κ1) is 14.5. The monoisotopic (exact) mass is 324 g/mol. The maximum Gasteiger partial charge on any atom is 0.261 e. The summed E-state index contributed by atoms with van der Waals surface area (Å²) in [4.78, 5) is 22.7. The van der Waals surface area contributed by atoms with E-state index in [-0.39, 0.29) is 5.56 Å². The third-order valence-electron chi connectivity index (χ3n) is 6.02. The van der Waals surface area contributed by atoms with Gasteiger partial charge in [-0.25, -0.2) is 4.98 Å². The van der Waals surface area contributed by atoms with E-state index in [1.165, 1.54) is 31.6 Å². The Hall–Kier alpha value is -1.88. The van der Waals surface area contributed by atoms with E-state index in [0.717, 1.165) is 42.7 Å². The maximum atomic E-state index is 12.8. The lowest BCUT2D eigenvalue weighted by Crippen LogP contribution is -2.38. The maximum absolute atomic E-state index is 12.8. The van der Waals surface area contributed by atoms with E-state index < -0.39 is 0 Å². The van der Waals surface area contributed by atoms with Crippen molar-refractivity contribution < 1.29 is 0 Å². The zero-order valence-corrected chi connectivity index (χ0v) is 14.2. The van der Waals surface area contributed by atoms with Gasteiger partial charge in [-0.15, -0.1) is 0 Å². The summed E-state index contributed by atoms with van der Waals surface area (Å²) in [5, 5.41) is 0.763. The van der Waals surface area contributed by atoms with Gasteiger partial charge in [0.1, 0.15) is 5.82 Å². The number of benzene rings is 1. The van der Waals surface area contributed by atoms with Crippen molar-refractivity contribution in [3.8, 4) is 0 Å². The molecule has 0 radical (unpaired) electrons. The molecular formula is C19H24N4O. The van der Waals surface area contributed by atoms with Crippen LogP contribution in [0.1, 0.15) is 37.4 Å². The van der Waals surface area contributed by atoms with Crippen LogP contribution in [-0.4, -0.2) is 46.7 Å². The van der Waals surface area contributed by atoms with Gasteiger partial charge < -0.3 is 9.80 Å². The molecule has 24 heavy (non-hydrogen) atoms. The van der Waals surface area contributed by atoms with Gasteiger partial charge in [-0.05, 0) is 43.9 Å². The summed E-state index contributed by atoms with van der Waals surface area (Å²) in [6.45, 7) is 4.61. The number of fused-ring (bicyclic) bond motifs is 5. The van der Waals surface area contributed by atoms with Gasteiger partial charge in [0, 0.05) is 50.9 Å². The van der Waals surface area contributed by atoms with Crippen LogP contribution < -0.4 is 10.5 Å². The van der Waals surface area contributed by atoms with Crippen LogP contribution in [0.4, 0.5) is 5.69 Å². The smallest absolute Gasteiger partial charge is 0.261 e. The minimum absolute atomic E-state index is 0.103. The Kier molecular flexibility index (Phi) is 3.20. The first-order valence-electron chi connectivity index (χ1n) is 9.20. The average molecular weight is 324 g/mol. The molecule has 6 rings (SSSR count). The van der Waals surface area contributed by atoms with E-state index in [1.54, 1.807) is 4.57 Å². The van der Waals surface area contributed by atoms with Crippen LogP contribution in [0.25, 0.3) is 10.9 Å². The second-order valence-corrected chi connectivity index (χ2v) is 7.58. The fourth-order valence-electron chi connectivity index (χ4n) is 4.39. The summed E-state index contributed by atoms with van der Waals surface area (Å²) in [5.41, 5.74) is 2.15. The predicted molar refractivity (Wildman–Crippen MR) is 95.8 cm³/mol. The third kappa shape index (κ3) is 2.25. The lowest BCUT2D eigenvalue weighted by molar-refractivity contribution is 0.250. The highest BCUT2D eigenvalue weighted by molar-refractivity contribution is 5.82. The van der Waals surface area contributed by atoms with Crippen LogP contribution in [0.15, 0.2) is 23.0 Å². The van der Waals surface area contributed by atoms with Crippen molar-refractivity contribution >= 4 is 16.6 Å². The highest BCUT2D eigenvalue weighted by Gasteiger charge is 2.30. The summed E-state index contributed by atoms with van der Waals surface area (Å²) in [6.07, 6.45) is 4.79. The van der Waals surface area contributed by atoms with E-state index in [2.05, 4.69) is 28.0 Å². The molecule has 3 aliphatic heterocycles. The number of aromatic nitrogens is 2. The van der Waals surface area contributed by atoms with E-state index in [9.17, 15) is 4.79 Å². The van der Waals surface area contributed by atoms with Crippen molar-refractivity contribution in [1.82, 2.24) is 14.5 Å². The van der Waals surface area contributed by atoms with Gasteiger partial charge in [0.2, 0.25) is 0 Å². The average Bonchev–Trinajstić information content (AvgIpc) is 3.45. The summed E-state index contributed by atoms with van der Waals surface area (Å²) >= 11 is 0. The van der Waals surface area contributed by atoms with Gasteiger partial charge in [0.25, 0.3) is 5.56 Å². The summed E-state index contributed by atoms with van der Waals surface area (Å²) in [7, 11) is 1.87. The molecule has 2 bridgehead atoms. The molecule has 2 aromatic rings. The highest BCUT2D eigenvalue weighted by Crippen LogP contribution is 2.38. The molecule has 0 atom stereocenters. The molecule has 0 amide bonds. The largest absolute Gasteiger partial charge is 0.367 e. The molecule has 0 unspecified atom stereocenters. The predicted octanol–water partition coefficient (Wildman–Crippen LogP) is 2.10. The van der Waals surface area contributed by atoms with Gasteiger partial charge in [-0.3, -0.25) is 9.36 Å². The van der Waals surface area contributed by atoms with Crippen LogP contribution >= 0.6 is 0 Å². The molecule has 4 aliphatic rings. The molecule has 1 aromatic carbocycles. The normalized spacial score (nSPS) is 26.8. The van der Waals surface area contributed by atoms with Crippen molar-refractivity contribution in [3.63, 3.8) is 0 Å². The van der Waals surface area contributed by atoms with Gasteiger partial charge >= 0.3 is 0 Å². The molecule has 1 saturated carbocycles. The Balaban J connectivity index is 1.59. The molecule has 1 aromatic heterocycles. The second-order valence-electron chi connectivity index (χ2n) is 7.58. The van der Waals surface area contributed by atoms with E-state index in [0.29, 0.717) is 12.0 Å². The first-order chi connectivity index (χ1) is 11.7. The number of rotatable bonds is 2. The Morgan fingerprint density at radius 3 is 2.58 bits per heavy atom. The van der Waals surface area contributed by atoms with Crippen LogP contribution in [-0.2, 0) is 7.05 Å². The number of anilines is 1. The van der Waals surface area contributed by atoms with Crippen LogP contribution in [0.5, 0.6) is 0 Å². The number of piperidine rings is 1. The fourth-order valence-corrected chi connectivity index (χ4v) is 4.39. The molecule has 1 aliphatic carbocycles. The lowest BCUT2D eigenvalue weighted by atomic mass is 10.0. The fraction of sp³-hybridized carbons (Fsp3) is 0.579. The van der Waals surface area contributed by atoms with Crippen molar-refractivity contribution in [2.75, 3.05) is 31.1 Å². The number of hydrogen-bond donors (Lipinski definition) is 0. The van der Waals surface area contributed by atoms with Gasteiger partial charge in [0.05, 0.1) is 10.9 Å². The van der Waals surface area contributed by atoms with Gasteiger partial charge in [-0.1, -0.05) is 0 Å². The zero-order chi connectivity index (χ0) is 16.3. The third-order valence-corrected chi connectivity index (χ3v) is 6.02.